The van der Waals surface area contributed by atoms with E-state index in [1.54, 1.807) is 16.6 Å². The fourth-order valence-corrected chi connectivity index (χ4v) is 4.64. The molecule has 0 spiro atoms. The van der Waals surface area contributed by atoms with Gasteiger partial charge in [0.1, 0.15) is 0 Å². The Labute approximate surface area is 120 Å². The standard InChI is InChI=1S/C13H21ClN2O2S/c1-2-16(12-6-4-3-5-7-12)19(17,18)13-8-11(9-14)15-10-13/h8,10,12,15H,2-7,9H2,1H3. The first-order valence-corrected chi connectivity index (χ1v) is 8.82. The van der Waals surface area contributed by atoms with Crippen molar-refractivity contribution in [2.24, 2.45) is 0 Å². The first-order valence-electron chi connectivity index (χ1n) is 6.84. The van der Waals surface area contributed by atoms with Crippen LogP contribution in [0.4, 0.5) is 0 Å². The molecule has 1 aliphatic carbocycles. The molecule has 0 aliphatic heterocycles. The van der Waals surface area contributed by atoms with Gasteiger partial charge >= 0.3 is 0 Å². The van der Waals surface area contributed by atoms with Crippen LogP contribution in [0.25, 0.3) is 0 Å². The Hall–Kier alpha value is -0.520. The summed E-state index contributed by atoms with van der Waals surface area (Å²) in [6.45, 7) is 2.43. The molecular formula is C13H21ClN2O2S. The number of hydrogen-bond acceptors (Lipinski definition) is 2. The van der Waals surface area contributed by atoms with Gasteiger partial charge in [-0.15, -0.1) is 11.6 Å². The molecule has 0 bridgehead atoms. The largest absolute Gasteiger partial charge is 0.363 e. The molecule has 0 amide bonds. The summed E-state index contributed by atoms with van der Waals surface area (Å²) < 4.78 is 27.0. The van der Waals surface area contributed by atoms with Gasteiger partial charge in [0.15, 0.2) is 0 Å². The molecule has 19 heavy (non-hydrogen) atoms. The lowest BCUT2D eigenvalue weighted by molar-refractivity contribution is 0.261. The Morgan fingerprint density at radius 2 is 2.05 bits per heavy atom. The van der Waals surface area contributed by atoms with Crippen LogP contribution in [0.15, 0.2) is 17.2 Å². The second-order valence-corrected chi connectivity index (χ2v) is 7.15. The van der Waals surface area contributed by atoms with Crippen molar-refractivity contribution in [3.05, 3.63) is 18.0 Å². The lowest BCUT2D eigenvalue weighted by Gasteiger charge is -2.32. The molecule has 1 saturated carbocycles. The Balaban J connectivity index is 2.24. The van der Waals surface area contributed by atoms with Crippen LogP contribution in [-0.4, -0.2) is 30.3 Å². The van der Waals surface area contributed by atoms with E-state index < -0.39 is 10.0 Å². The number of sulfonamides is 1. The van der Waals surface area contributed by atoms with Gasteiger partial charge in [0.2, 0.25) is 10.0 Å². The van der Waals surface area contributed by atoms with E-state index in [-0.39, 0.29) is 6.04 Å². The Kier molecular flexibility index (Phi) is 4.92. The molecule has 1 N–H and O–H groups in total. The average Bonchev–Trinajstić information content (AvgIpc) is 2.90. The molecule has 1 aliphatic rings. The van der Waals surface area contributed by atoms with E-state index in [9.17, 15) is 8.42 Å². The van der Waals surface area contributed by atoms with Crippen LogP contribution in [0.5, 0.6) is 0 Å². The third kappa shape index (κ3) is 3.15. The SMILES string of the molecule is CCN(C1CCCCC1)S(=O)(=O)c1c[nH]c(CCl)c1. The monoisotopic (exact) mass is 304 g/mol. The highest BCUT2D eigenvalue weighted by molar-refractivity contribution is 7.89. The zero-order chi connectivity index (χ0) is 13.9. The van der Waals surface area contributed by atoms with E-state index in [2.05, 4.69) is 4.98 Å². The average molecular weight is 305 g/mol. The van der Waals surface area contributed by atoms with E-state index in [0.717, 1.165) is 31.4 Å². The smallest absolute Gasteiger partial charge is 0.244 e. The number of halogens is 1. The van der Waals surface area contributed by atoms with E-state index in [0.29, 0.717) is 17.3 Å². The maximum atomic E-state index is 12.7. The van der Waals surface area contributed by atoms with Crippen molar-refractivity contribution >= 4 is 21.6 Å². The second kappa shape index (κ2) is 6.29. The van der Waals surface area contributed by atoms with Crippen LogP contribution in [0, 0.1) is 0 Å². The summed E-state index contributed by atoms with van der Waals surface area (Å²) in [5.74, 6) is 0.297. The summed E-state index contributed by atoms with van der Waals surface area (Å²) in [5, 5.41) is 0. The van der Waals surface area contributed by atoms with Gasteiger partial charge in [0.25, 0.3) is 0 Å². The van der Waals surface area contributed by atoms with Gasteiger partial charge in [0.05, 0.1) is 10.8 Å². The summed E-state index contributed by atoms with van der Waals surface area (Å²) in [7, 11) is -3.40. The number of hydrogen-bond donors (Lipinski definition) is 1. The predicted molar refractivity (Wildman–Crippen MR) is 76.8 cm³/mol. The molecule has 1 fully saturated rings. The zero-order valence-electron chi connectivity index (χ0n) is 11.2. The van der Waals surface area contributed by atoms with Gasteiger partial charge in [-0.05, 0) is 18.9 Å². The van der Waals surface area contributed by atoms with Gasteiger partial charge in [-0.25, -0.2) is 8.42 Å². The highest BCUT2D eigenvalue weighted by atomic mass is 35.5. The van der Waals surface area contributed by atoms with Crippen molar-refractivity contribution in [2.45, 2.75) is 55.8 Å². The fraction of sp³-hybridized carbons (Fsp3) is 0.692. The number of alkyl halides is 1. The van der Waals surface area contributed by atoms with E-state index in [4.69, 9.17) is 11.6 Å². The van der Waals surface area contributed by atoms with Crippen LogP contribution in [-0.2, 0) is 15.9 Å². The molecule has 6 heteroatoms. The van der Waals surface area contributed by atoms with Gasteiger partial charge in [0, 0.05) is 24.5 Å². The molecule has 0 radical (unpaired) electrons. The lowest BCUT2D eigenvalue weighted by atomic mass is 9.95. The van der Waals surface area contributed by atoms with E-state index in [1.165, 1.54) is 6.42 Å². The number of aromatic nitrogens is 1. The first-order chi connectivity index (χ1) is 9.09. The molecular weight excluding hydrogens is 284 g/mol. The van der Waals surface area contributed by atoms with Gasteiger partial charge in [-0.1, -0.05) is 26.2 Å². The minimum absolute atomic E-state index is 0.151. The lowest BCUT2D eigenvalue weighted by Crippen LogP contribution is -2.41. The summed E-state index contributed by atoms with van der Waals surface area (Å²) in [5.41, 5.74) is 0.736. The minimum Gasteiger partial charge on any atom is -0.363 e. The molecule has 1 heterocycles. The van der Waals surface area contributed by atoms with Crippen molar-refractivity contribution in [1.82, 2.24) is 9.29 Å². The van der Waals surface area contributed by atoms with Gasteiger partial charge in [-0.3, -0.25) is 0 Å². The van der Waals surface area contributed by atoms with E-state index in [1.807, 2.05) is 6.92 Å². The predicted octanol–water partition coefficient (Wildman–Crippen LogP) is 3.10. The third-order valence-electron chi connectivity index (χ3n) is 3.76. The van der Waals surface area contributed by atoms with Crippen molar-refractivity contribution < 1.29 is 8.42 Å². The number of nitrogens with one attached hydrogen (secondary N) is 1. The Morgan fingerprint density at radius 3 is 2.58 bits per heavy atom. The van der Waals surface area contributed by atoms with Gasteiger partial charge in [-0.2, -0.15) is 4.31 Å². The van der Waals surface area contributed by atoms with Crippen molar-refractivity contribution in [1.29, 1.82) is 0 Å². The minimum atomic E-state index is -3.40. The number of H-pyrrole nitrogens is 1. The highest BCUT2D eigenvalue weighted by Gasteiger charge is 2.31. The first kappa shape index (κ1) is 14.9. The normalized spacial score (nSPS) is 18.1. The molecule has 0 unspecified atom stereocenters. The number of aromatic amines is 1. The third-order valence-corrected chi connectivity index (χ3v) is 6.05. The van der Waals surface area contributed by atoms with Crippen LogP contribution in [0.3, 0.4) is 0 Å². The van der Waals surface area contributed by atoms with Crippen molar-refractivity contribution in [3.63, 3.8) is 0 Å². The van der Waals surface area contributed by atoms with Crippen LogP contribution >= 0.6 is 11.6 Å². The van der Waals surface area contributed by atoms with Crippen LogP contribution < -0.4 is 0 Å². The molecule has 1 aromatic rings. The van der Waals surface area contributed by atoms with Crippen LogP contribution in [0.2, 0.25) is 0 Å². The molecule has 2 rings (SSSR count). The maximum Gasteiger partial charge on any atom is 0.244 e. The van der Waals surface area contributed by atoms with Crippen molar-refractivity contribution in [2.75, 3.05) is 6.54 Å². The second-order valence-electron chi connectivity index (χ2n) is 4.99. The van der Waals surface area contributed by atoms with E-state index >= 15 is 0 Å². The summed E-state index contributed by atoms with van der Waals surface area (Å²) in [4.78, 5) is 3.23. The number of rotatable bonds is 5. The Morgan fingerprint density at radius 1 is 1.37 bits per heavy atom. The summed E-state index contributed by atoms with van der Waals surface area (Å²) >= 11 is 5.71. The number of nitrogens with zero attached hydrogens (tertiary/aromatic N) is 1. The van der Waals surface area contributed by atoms with Crippen molar-refractivity contribution in [3.8, 4) is 0 Å². The molecule has 4 nitrogen and oxygen atoms in total. The molecule has 0 atom stereocenters. The summed E-state index contributed by atoms with van der Waals surface area (Å²) in [6.07, 6.45) is 6.94. The van der Waals surface area contributed by atoms with Crippen LogP contribution in [0.1, 0.15) is 44.7 Å². The fourth-order valence-electron chi connectivity index (χ4n) is 2.77. The zero-order valence-corrected chi connectivity index (χ0v) is 12.8. The van der Waals surface area contributed by atoms with Gasteiger partial charge < -0.3 is 4.98 Å². The molecule has 1 aromatic heterocycles. The Bertz CT molecular complexity index is 506. The topological polar surface area (TPSA) is 53.2 Å². The highest BCUT2D eigenvalue weighted by Crippen LogP contribution is 2.27. The quantitative estimate of drug-likeness (QED) is 0.850. The summed E-state index contributed by atoms with van der Waals surface area (Å²) in [6, 6.07) is 1.78. The molecule has 0 aromatic carbocycles. The molecule has 108 valence electrons. The maximum absolute atomic E-state index is 12.7. The molecule has 0 saturated heterocycles.